The smallest absolute Gasteiger partial charge is 0.240 e. The van der Waals surface area contributed by atoms with Crippen LogP contribution in [0.25, 0.3) is 0 Å². The lowest BCUT2D eigenvalue weighted by Gasteiger charge is -2.29. The third kappa shape index (κ3) is 5.59. The van der Waals surface area contributed by atoms with E-state index in [1.165, 1.54) is 37.3 Å². The van der Waals surface area contributed by atoms with Gasteiger partial charge in [0.2, 0.25) is 15.9 Å². The Bertz CT molecular complexity index is 1030. The van der Waals surface area contributed by atoms with Crippen LogP contribution in [0.4, 0.5) is 0 Å². The molecule has 0 radical (unpaired) electrons. The van der Waals surface area contributed by atoms with E-state index < -0.39 is 10.0 Å². The van der Waals surface area contributed by atoms with Crippen molar-refractivity contribution in [2.45, 2.75) is 17.4 Å². The molecular weight excluding hydrogens is 424 g/mol. The normalized spacial score (nSPS) is 15.3. The number of ether oxygens (including phenoxy) is 4. The number of para-hydroxylation sites is 2. The van der Waals surface area contributed by atoms with Gasteiger partial charge in [-0.15, -0.1) is 0 Å². The lowest BCUT2D eigenvalue weighted by Crippen LogP contribution is -2.42. The van der Waals surface area contributed by atoms with E-state index in [4.69, 9.17) is 18.9 Å². The summed E-state index contributed by atoms with van der Waals surface area (Å²) in [5.41, 5.74) is 0. The molecule has 1 aliphatic heterocycles. The molecule has 1 heterocycles. The summed E-state index contributed by atoms with van der Waals surface area (Å²) >= 11 is 0. The number of hydrogen-bond donors (Lipinski definition) is 1. The summed E-state index contributed by atoms with van der Waals surface area (Å²) in [6.45, 7) is 0.626. The fraction of sp³-hybridized carbons (Fsp3) is 0.381. The van der Waals surface area contributed by atoms with Crippen LogP contribution in [0, 0.1) is 0 Å². The molecule has 10 heteroatoms. The maximum atomic E-state index is 12.5. The zero-order chi connectivity index (χ0) is 22.4. The highest BCUT2D eigenvalue weighted by molar-refractivity contribution is 7.89. The van der Waals surface area contributed by atoms with Crippen molar-refractivity contribution in [1.29, 1.82) is 0 Å². The van der Waals surface area contributed by atoms with Crippen LogP contribution >= 0.6 is 0 Å². The van der Waals surface area contributed by atoms with E-state index in [0.717, 1.165) is 0 Å². The van der Waals surface area contributed by atoms with Crippen molar-refractivity contribution in [1.82, 2.24) is 9.62 Å². The summed E-state index contributed by atoms with van der Waals surface area (Å²) in [4.78, 5) is 14.0. The summed E-state index contributed by atoms with van der Waals surface area (Å²) in [6.07, 6.45) is -0.292. The Kier molecular flexibility index (Phi) is 7.24. The molecule has 0 saturated carbocycles. The summed E-state index contributed by atoms with van der Waals surface area (Å²) in [5.74, 6) is 1.84. The van der Waals surface area contributed by atoms with Crippen molar-refractivity contribution >= 4 is 15.9 Å². The van der Waals surface area contributed by atoms with E-state index in [1.54, 1.807) is 7.05 Å². The number of likely N-dealkylation sites (N-methyl/N-ethyl adjacent to an activating group) is 1. The van der Waals surface area contributed by atoms with Gasteiger partial charge in [-0.05, 0) is 24.3 Å². The third-order valence-electron chi connectivity index (χ3n) is 4.77. The second kappa shape index (κ2) is 9.88. The molecule has 0 aromatic heterocycles. The van der Waals surface area contributed by atoms with Crippen LogP contribution in [0.1, 0.15) is 6.42 Å². The number of sulfonamides is 1. The van der Waals surface area contributed by atoms with Crippen molar-refractivity contribution < 1.29 is 32.2 Å². The van der Waals surface area contributed by atoms with Crippen molar-refractivity contribution in [2.75, 3.05) is 41.0 Å². The van der Waals surface area contributed by atoms with E-state index >= 15 is 0 Å². The maximum Gasteiger partial charge on any atom is 0.240 e. The average Bonchev–Trinajstić information content (AvgIpc) is 2.78. The first kappa shape index (κ1) is 22.7. The molecule has 0 aliphatic carbocycles. The summed E-state index contributed by atoms with van der Waals surface area (Å²) in [7, 11) is 0.741. The van der Waals surface area contributed by atoms with Gasteiger partial charge in [0, 0.05) is 26.1 Å². The number of carbonyl (C=O) groups excluding carboxylic acids is 1. The Labute approximate surface area is 181 Å². The van der Waals surface area contributed by atoms with Crippen molar-refractivity contribution in [2.24, 2.45) is 0 Å². The standard InChI is InChI=1S/C21H26N2O7S/c1-23(13-15-14-29-18-6-4-5-7-19(18)30-15)21(24)10-11-22-31(25,26)16-8-9-17(27-2)20(12-16)28-3/h4-9,12,15,22H,10-11,13-14H2,1-3H3. The highest BCUT2D eigenvalue weighted by atomic mass is 32.2. The SMILES string of the molecule is COc1ccc(S(=O)(=O)NCCC(=O)N(C)CC2COc3ccccc3O2)cc1OC. The minimum Gasteiger partial charge on any atom is -0.493 e. The lowest BCUT2D eigenvalue weighted by atomic mass is 10.2. The number of fused-ring (bicyclic) bond motifs is 1. The number of benzene rings is 2. The second-order valence-corrected chi connectivity index (χ2v) is 8.70. The van der Waals surface area contributed by atoms with Crippen LogP contribution in [0.5, 0.6) is 23.0 Å². The lowest BCUT2D eigenvalue weighted by molar-refractivity contribution is -0.131. The molecule has 1 atom stereocenters. The number of rotatable bonds is 9. The van der Waals surface area contributed by atoms with Gasteiger partial charge in [-0.1, -0.05) is 12.1 Å². The highest BCUT2D eigenvalue weighted by Gasteiger charge is 2.24. The van der Waals surface area contributed by atoms with Gasteiger partial charge in [0.15, 0.2) is 29.1 Å². The first-order valence-corrected chi connectivity index (χ1v) is 11.2. The van der Waals surface area contributed by atoms with E-state index in [-0.39, 0.29) is 29.9 Å². The van der Waals surface area contributed by atoms with Gasteiger partial charge in [0.05, 0.1) is 25.7 Å². The Hall–Kier alpha value is -2.98. The number of nitrogens with zero attached hydrogens (tertiary/aromatic N) is 1. The maximum absolute atomic E-state index is 12.5. The van der Waals surface area contributed by atoms with Gasteiger partial charge >= 0.3 is 0 Å². The number of methoxy groups -OCH3 is 2. The zero-order valence-electron chi connectivity index (χ0n) is 17.7. The Morgan fingerprint density at radius 3 is 2.55 bits per heavy atom. The molecule has 31 heavy (non-hydrogen) atoms. The van der Waals surface area contributed by atoms with Gasteiger partial charge in [-0.2, -0.15) is 0 Å². The van der Waals surface area contributed by atoms with E-state index in [9.17, 15) is 13.2 Å². The van der Waals surface area contributed by atoms with E-state index in [1.807, 2.05) is 24.3 Å². The van der Waals surface area contributed by atoms with E-state index in [0.29, 0.717) is 36.1 Å². The topological polar surface area (TPSA) is 103 Å². The molecule has 2 aromatic rings. The molecule has 0 saturated heterocycles. The Balaban J connectivity index is 1.50. The molecule has 1 aliphatic rings. The Morgan fingerprint density at radius 1 is 1.13 bits per heavy atom. The monoisotopic (exact) mass is 450 g/mol. The fourth-order valence-electron chi connectivity index (χ4n) is 3.11. The van der Waals surface area contributed by atoms with Crippen LogP contribution in [0.3, 0.4) is 0 Å². The molecule has 0 spiro atoms. The average molecular weight is 451 g/mol. The first-order valence-electron chi connectivity index (χ1n) is 9.68. The van der Waals surface area contributed by atoms with Crippen LogP contribution < -0.4 is 23.7 Å². The van der Waals surface area contributed by atoms with Gasteiger partial charge in [0.1, 0.15) is 6.61 Å². The number of hydrogen-bond acceptors (Lipinski definition) is 7. The predicted molar refractivity (Wildman–Crippen MR) is 113 cm³/mol. The Morgan fingerprint density at radius 2 is 1.84 bits per heavy atom. The molecule has 0 fully saturated rings. The number of amides is 1. The van der Waals surface area contributed by atoms with Crippen molar-refractivity contribution in [3.63, 3.8) is 0 Å². The molecular formula is C21H26N2O7S. The van der Waals surface area contributed by atoms with Gasteiger partial charge in [0.25, 0.3) is 0 Å². The predicted octanol–water partition coefficient (Wildman–Crippen LogP) is 1.67. The minimum atomic E-state index is -3.80. The molecule has 168 valence electrons. The molecule has 2 aromatic carbocycles. The van der Waals surface area contributed by atoms with Gasteiger partial charge in [-0.3, -0.25) is 4.79 Å². The summed E-state index contributed by atoms with van der Waals surface area (Å²) in [6, 6.07) is 11.6. The van der Waals surface area contributed by atoms with Gasteiger partial charge in [-0.25, -0.2) is 13.1 Å². The zero-order valence-corrected chi connectivity index (χ0v) is 18.5. The van der Waals surface area contributed by atoms with Gasteiger partial charge < -0.3 is 23.8 Å². The quantitative estimate of drug-likeness (QED) is 0.620. The molecule has 0 bridgehead atoms. The summed E-state index contributed by atoms with van der Waals surface area (Å²) in [5, 5.41) is 0. The van der Waals surface area contributed by atoms with Crippen LogP contribution in [-0.4, -0.2) is 66.3 Å². The van der Waals surface area contributed by atoms with Crippen LogP contribution in [0.15, 0.2) is 47.4 Å². The molecule has 1 unspecified atom stereocenters. The first-order chi connectivity index (χ1) is 14.8. The molecule has 3 rings (SSSR count). The third-order valence-corrected chi connectivity index (χ3v) is 6.23. The van der Waals surface area contributed by atoms with Crippen molar-refractivity contribution in [3.05, 3.63) is 42.5 Å². The second-order valence-electron chi connectivity index (χ2n) is 6.94. The molecule has 1 amide bonds. The molecule has 1 N–H and O–H groups in total. The van der Waals surface area contributed by atoms with E-state index in [2.05, 4.69) is 4.72 Å². The number of nitrogens with one attached hydrogen (secondary N) is 1. The highest BCUT2D eigenvalue weighted by Crippen LogP contribution is 2.31. The summed E-state index contributed by atoms with van der Waals surface area (Å²) < 4.78 is 49.2. The van der Waals surface area contributed by atoms with Crippen LogP contribution in [0.2, 0.25) is 0 Å². The van der Waals surface area contributed by atoms with Crippen molar-refractivity contribution in [3.8, 4) is 23.0 Å². The number of carbonyl (C=O) groups is 1. The largest absolute Gasteiger partial charge is 0.493 e. The minimum absolute atomic E-state index is 0.00713. The van der Waals surface area contributed by atoms with Crippen LogP contribution in [-0.2, 0) is 14.8 Å². The fourth-order valence-corrected chi connectivity index (χ4v) is 4.16. The molecule has 9 nitrogen and oxygen atoms in total.